The topological polar surface area (TPSA) is 61.4 Å². The van der Waals surface area contributed by atoms with E-state index in [2.05, 4.69) is 10.6 Å². The number of carbonyl (C=O) groups is 1. The number of carbonyl (C=O) groups excluding carboxylic acids is 1. The number of anilines is 1. The molecule has 0 aromatic heterocycles. The molecule has 1 unspecified atom stereocenters. The molecule has 24 heavy (non-hydrogen) atoms. The molecule has 0 radical (unpaired) electrons. The Morgan fingerprint density at radius 3 is 2.42 bits per heavy atom. The van der Waals surface area contributed by atoms with E-state index in [9.17, 15) is 4.79 Å². The number of aliphatic hydroxyl groups is 1. The monoisotopic (exact) mass is 326 g/mol. The predicted molar refractivity (Wildman–Crippen MR) is 98.0 cm³/mol. The third kappa shape index (κ3) is 5.80. The van der Waals surface area contributed by atoms with Crippen LogP contribution in [0.1, 0.15) is 30.0 Å². The molecule has 0 fully saturated rings. The Morgan fingerprint density at radius 2 is 1.75 bits per heavy atom. The lowest BCUT2D eigenvalue weighted by atomic mass is 10.1. The number of aryl methyl sites for hydroxylation is 1. The second-order valence-corrected chi connectivity index (χ2v) is 6.15. The van der Waals surface area contributed by atoms with E-state index in [1.54, 1.807) is 0 Å². The first-order valence-electron chi connectivity index (χ1n) is 8.36. The number of hydrogen-bond donors (Lipinski definition) is 3. The molecule has 0 saturated heterocycles. The van der Waals surface area contributed by atoms with Gasteiger partial charge < -0.3 is 15.7 Å². The first-order chi connectivity index (χ1) is 11.6. The average molecular weight is 326 g/mol. The van der Waals surface area contributed by atoms with Gasteiger partial charge in [0, 0.05) is 18.2 Å². The molecule has 0 bridgehead atoms. The van der Waals surface area contributed by atoms with Crippen LogP contribution in [0.3, 0.4) is 0 Å². The summed E-state index contributed by atoms with van der Waals surface area (Å²) < 4.78 is 0. The van der Waals surface area contributed by atoms with Gasteiger partial charge in [-0.15, -0.1) is 0 Å². The molecule has 4 nitrogen and oxygen atoms in total. The van der Waals surface area contributed by atoms with E-state index in [-0.39, 0.29) is 18.6 Å². The summed E-state index contributed by atoms with van der Waals surface area (Å²) in [6.45, 7) is 4.90. The van der Waals surface area contributed by atoms with Crippen molar-refractivity contribution in [2.45, 2.75) is 39.3 Å². The summed E-state index contributed by atoms with van der Waals surface area (Å²) in [6.07, 6.45) is 1.34. The molecule has 2 rings (SSSR count). The molecule has 0 saturated carbocycles. The fraction of sp³-hybridized carbons (Fsp3) is 0.350. The Balaban J connectivity index is 1.71. The summed E-state index contributed by atoms with van der Waals surface area (Å²) >= 11 is 0. The van der Waals surface area contributed by atoms with E-state index < -0.39 is 0 Å². The first kappa shape index (κ1) is 18.2. The van der Waals surface area contributed by atoms with Crippen molar-refractivity contribution in [3.8, 4) is 0 Å². The summed E-state index contributed by atoms with van der Waals surface area (Å²) in [6, 6.07) is 15.8. The van der Waals surface area contributed by atoms with Crippen LogP contribution in [0.25, 0.3) is 0 Å². The van der Waals surface area contributed by atoms with Crippen molar-refractivity contribution in [1.82, 2.24) is 5.32 Å². The molecule has 0 aliphatic carbocycles. The number of amides is 1. The van der Waals surface area contributed by atoms with Crippen LogP contribution in [-0.4, -0.2) is 23.6 Å². The van der Waals surface area contributed by atoms with Crippen LogP contribution in [0.2, 0.25) is 0 Å². The summed E-state index contributed by atoms with van der Waals surface area (Å²) in [5.41, 5.74) is 4.08. The summed E-state index contributed by atoms with van der Waals surface area (Å²) in [7, 11) is 0. The van der Waals surface area contributed by atoms with Crippen LogP contribution >= 0.6 is 0 Å². The van der Waals surface area contributed by atoms with Gasteiger partial charge in [0.2, 0.25) is 5.91 Å². The highest BCUT2D eigenvalue weighted by molar-refractivity contribution is 5.91. The molecule has 0 heterocycles. The molecule has 1 amide bonds. The molecular weight excluding hydrogens is 300 g/mol. The maximum atomic E-state index is 12.1. The Morgan fingerprint density at radius 1 is 1.08 bits per heavy atom. The molecule has 0 spiro atoms. The zero-order chi connectivity index (χ0) is 17.4. The number of benzene rings is 2. The minimum atomic E-state index is 0.0246. The third-order valence-electron chi connectivity index (χ3n) is 4.02. The van der Waals surface area contributed by atoms with Gasteiger partial charge in [-0.3, -0.25) is 4.79 Å². The number of aliphatic hydroxyl groups excluding tert-OH is 1. The third-order valence-corrected chi connectivity index (χ3v) is 4.02. The van der Waals surface area contributed by atoms with Crippen molar-refractivity contribution < 1.29 is 9.90 Å². The lowest BCUT2D eigenvalue weighted by Crippen LogP contribution is -2.32. The van der Waals surface area contributed by atoms with Gasteiger partial charge in [-0.2, -0.15) is 0 Å². The summed E-state index contributed by atoms with van der Waals surface area (Å²) in [5, 5.41) is 15.4. The molecule has 3 N–H and O–H groups in total. The highest BCUT2D eigenvalue weighted by atomic mass is 16.3. The maximum absolute atomic E-state index is 12.1. The second kappa shape index (κ2) is 9.21. The molecule has 4 heteroatoms. The fourth-order valence-electron chi connectivity index (χ4n) is 2.54. The first-order valence-corrected chi connectivity index (χ1v) is 8.36. The van der Waals surface area contributed by atoms with Crippen molar-refractivity contribution in [2.24, 2.45) is 0 Å². The fourth-order valence-corrected chi connectivity index (χ4v) is 2.54. The standard InChI is InChI=1S/C20H26N2O2/c1-15-5-3-4-6-19(15)22-20(24)13-16(2)21-12-11-17-7-9-18(14-23)10-8-17/h3-10,16,21,23H,11-14H2,1-2H3,(H,22,24). The van der Waals surface area contributed by atoms with Crippen LogP contribution in [0.5, 0.6) is 0 Å². The van der Waals surface area contributed by atoms with Crippen LogP contribution in [0, 0.1) is 6.92 Å². The van der Waals surface area contributed by atoms with Crippen molar-refractivity contribution in [3.05, 3.63) is 65.2 Å². The number of hydrogen-bond acceptors (Lipinski definition) is 3. The van der Waals surface area contributed by atoms with Crippen LogP contribution in [-0.2, 0) is 17.8 Å². The van der Waals surface area contributed by atoms with E-state index in [1.165, 1.54) is 5.56 Å². The number of rotatable bonds is 8. The maximum Gasteiger partial charge on any atom is 0.225 e. The van der Waals surface area contributed by atoms with Crippen molar-refractivity contribution in [3.63, 3.8) is 0 Å². The van der Waals surface area contributed by atoms with Crippen molar-refractivity contribution in [1.29, 1.82) is 0 Å². The quantitative estimate of drug-likeness (QED) is 0.699. The molecule has 128 valence electrons. The second-order valence-electron chi connectivity index (χ2n) is 6.15. The number of nitrogens with one attached hydrogen (secondary N) is 2. The SMILES string of the molecule is Cc1ccccc1NC(=O)CC(C)NCCc1ccc(CO)cc1. The molecule has 1 atom stereocenters. The Kier molecular flexibility index (Phi) is 6.97. The Bertz CT molecular complexity index is 653. The van der Waals surface area contributed by atoms with Gasteiger partial charge in [-0.1, -0.05) is 42.5 Å². The van der Waals surface area contributed by atoms with E-state index >= 15 is 0 Å². The van der Waals surface area contributed by atoms with E-state index in [0.29, 0.717) is 6.42 Å². The molecule has 0 aliphatic heterocycles. The minimum Gasteiger partial charge on any atom is -0.392 e. The normalized spacial score (nSPS) is 12.0. The van der Waals surface area contributed by atoms with Gasteiger partial charge in [0.25, 0.3) is 0 Å². The molecule has 2 aromatic carbocycles. The summed E-state index contributed by atoms with van der Waals surface area (Å²) in [4.78, 5) is 12.1. The minimum absolute atomic E-state index is 0.0246. The van der Waals surface area contributed by atoms with Crippen molar-refractivity contribution >= 4 is 11.6 Å². The van der Waals surface area contributed by atoms with Gasteiger partial charge in [0.1, 0.15) is 0 Å². The van der Waals surface area contributed by atoms with Crippen molar-refractivity contribution in [2.75, 3.05) is 11.9 Å². The lowest BCUT2D eigenvalue weighted by molar-refractivity contribution is -0.116. The van der Waals surface area contributed by atoms with Gasteiger partial charge >= 0.3 is 0 Å². The van der Waals surface area contributed by atoms with Crippen LogP contribution < -0.4 is 10.6 Å². The predicted octanol–water partition coefficient (Wildman–Crippen LogP) is 3.04. The Hall–Kier alpha value is -2.17. The van der Waals surface area contributed by atoms with Gasteiger partial charge in [-0.05, 0) is 49.6 Å². The van der Waals surface area contributed by atoms with Crippen LogP contribution in [0.4, 0.5) is 5.69 Å². The zero-order valence-electron chi connectivity index (χ0n) is 14.4. The average Bonchev–Trinajstić information content (AvgIpc) is 2.57. The lowest BCUT2D eigenvalue weighted by Gasteiger charge is -2.14. The highest BCUT2D eigenvalue weighted by Gasteiger charge is 2.09. The van der Waals surface area contributed by atoms with Gasteiger partial charge in [-0.25, -0.2) is 0 Å². The molecule has 2 aromatic rings. The molecular formula is C20H26N2O2. The molecule has 0 aliphatic rings. The number of para-hydroxylation sites is 1. The van der Waals surface area contributed by atoms with Gasteiger partial charge in [0.05, 0.1) is 6.61 Å². The smallest absolute Gasteiger partial charge is 0.225 e. The van der Waals surface area contributed by atoms with Gasteiger partial charge in [0.15, 0.2) is 0 Å². The largest absolute Gasteiger partial charge is 0.392 e. The van der Waals surface area contributed by atoms with E-state index in [4.69, 9.17) is 5.11 Å². The van der Waals surface area contributed by atoms with Crippen LogP contribution in [0.15, 0.2) is 48.5 Å². The Labute approximate surface area is 143 Å². The summed E-state index contributed by atoms with van der Waals surface area (Å²) in [5.74, 6) is 0.0246. The van der Waals surface area contributed by atoms with E-state index in [1.807, 2.05) is 62.4 Å². The zero-order valence-corrected chi connectivity index (χ0v) is 14.4. The van der Waals surface area contributed by atoms with E-state index in [0.717, 1.165) is 29.8 Å². The highest BCUT2D eigenvalue weighted by Crippen LogP contribution is 2.13.